The third-order valence-electron chi connectivity index (χ3n) is 4.90. The Bertz CT molecular complexity index is 1410. The van der Waals surface area contributed by atoms with Gasteiger partial charge in [0.25, 0.3) is 10.0 Å². The Kier molecular flexibility index (Phi) is 5.82. The second-order valence-corrected chi connectivity index (χ2v) is 9.20. The summed E-state index contributed by atoms with van der Waals surface area (Å²) in [7, 11) is -0.593. The molecule has 0 bridgehead atoms. The number of anilines is 2. The summed E-state index contributed by atoms with van der Waals surface area (Å²) in [5.41, 5.74) is 3.25. The van der Waals surface area contributed by atoms with Gasteiger partial charge in [0, 0.05) is 52.5 Å². The van der Waals surface area contributed by atoms with E-state index in [9.17, 15) is 8.42 Å². The maximum absolute atomic E-state index is 13.1. The van der Waals surface area contributed by atoms with E-state index in [1.165, 1.54) is 13.2 Å². The first-order valence-electron chi connectivity index (χ1n) is 9.61. The molecule has 0 saturated carbocycles. The van der Waals surface area contributed by atoms with Gasteiger partial charge in [-0.3, -0.25) is 4.72 Å². The predicted molar refractivity (Wildman–Crippen MR) is 129 cm³/mol. The van der Waals surface area contributed by atoms with Crippen LogP contribution in [0.15, 0.2) is 78.5 Å². The summed E-state index contributed by atoms with van der Waals surface area (Å²) in [5.74, 6) is 0.219. The monoisotopic (exact) mass is 468 g/mol. The molecule has 0 radical (unpaired) electrons. The van der Waals surface area contributed by atoms with Gasteiger partial charge in [-0.1, -0.05) is 18.2 Å². The Hall–Kier alpha value is -3.49. The number of sulfonamides is 1. The molecule has 0 amide bonds. The average molecular weight is 469 g/mol. The van der Waals surface area contributed by atoms with Gasteiger partial charge in [-0.25, -0.2) is 13.4 Å². The zero-order valence-electron chi connectivity index (χ0n) is 17.5. The number of aromatic nitrogens is 2. The van der Waals surface area contributed by atoms with Crippen molar-refractivity contribution in [1.82, 2.24) is 9.55 Å². The lowest BCUT2D eigenvalue weighted by Gasteiger charge is -2.15. The van der Waals surface area contributed by atoms with Crippen molar-refractivity contribution >= 4 is 49.7 Å². The SMILES string of the molecule is C=C(Nc1ccc(OC)c(S(=O)(=O)Nc2ccc(Cl)cc2)c1)c1cn(C)c2ncccc12. The van der Waals surface area contributed by atoms with E-state index in [2.05, 4.69) is 21.6 Å². The fourth-order valence-corrected chi connectivity index (χ4v) is 4.77. The van der Waals surface area contributed by atoms with Crippen LogP contribution in [0.25, 0.3) is 16.7 Å². The highest BCUT2D eigenvalue weighted by Gasteiger charge is 2.21. The van der Waals surface area contributed by atoms with Crippen molar-refractivity contribution in [3.8, 4) is 5.75 Å². The van der Waals surface area contributed by atoms with Crippen LogP contribution in [0.1, 0.15) is 5.56 Å². The lowest BCUT2D eigenvalue weighted by atomic mass is 10.1. The van der Waals surface area contributed by atoms with E-state index < -0.39 is 10.0 Å². The van der Waals surface area contributed by atoms with Gasteiger partial charge in [0.05, 0.1) is 7.11 Å². The number of aryl methyl sites for hydroxylation is 1. The smallest absolute Gasteiger partial charge is 0.265 e. The molecule has 0 aliphatic rings. The van der Waals surface area contributed by atoms with Crippen molar-refractivity contribution in [2.24, 2.45) is 7.05 Å². The first kappa shape index (κ1) is 21.7. The Balaban J connectivity index is 1.65. The molecule has 0 unspecified atom stereocenters. The van der Waals surface area contributed by atoms with Gasteiger partial charge in [-0.15, -0.1) is 0 Å². The van der Waals surface area contributed by atoms with Crippen molar-refractivity contribution < 1.29 is 13.2 Å². The summed E-state index contributed by atoms with van der Waals surface area (Å²) < 4.78 is 35.9. The number of methoxy groups -OCH3 is 1. The number of benzene rings is 2. The summed E-state index contributed by atoms with van der Waals surface area (Å²) >= 11 is 5.89. The highest BCUT2D eigenvalue weighted by atomic mass is 35.5. The summed E-state index contributed by atoms with van der Waals surface area (Å²) in [4.78, 5) is 4.38. The number of hydrogen-bond acceptors (Lipinski definition) is 5. The molecule has 0 fully saturated rings. The molecular weight excluding hydrogens is 448 g/mol. The third-order valence-corrected chi connectivity index (χ3v) is 6.56. The highest BCUT2D eigenvalue weighted by molar-refractivity contribution is 7.92. The molecule has 2 heterocycles. The molecule has 7 nitrogen and oxygen atoms in total. The number of rotatable bonds is 7. The minimum Gasteiger partial charge on any atom is -0.495 e. The van der Waals surface area contributed by atoms with E-state index in [1.807, 2.05) is 29.9 Å². The van der Waals surface area contributed by atoms with Crippen LogP contribution in [-0.2, 0) is 17.1 Å². The normalized spacial score (nSPS) is 11.3. The molecule has 2 N–H and O–H groups in total. The molecule has 0 aliphatic heterocycles. The van der Waals surface area contributed by atoms with E-state index in [0.29, 0.717) is 22.1 Å². The molecule has 0 atom stereocenters. The molecule has 164 valence electrons. The number of ether oxygens (including phenoxy) is 1. The minimum atomic E-state index is -3.92. The lowest BCUT2D eigenvalue weighted by Crippen LogP contribution is -2.14. The van der Waals surface area contributed by atoms with E-state index >= 15 is 0 Å². The number of nitrogens with zero attached hydrogens (tertiary/aromatic N) is 2. The van der Waals surface area contributed by atoms with Crippen molar-refractivity contribution in [2.45, 2.75) is 4.90 Å². The van der Waals surface area contributed by atoms with Gasteiger partial charge < -0.3 is 14.6 Å². The van der Waals surface area contributed by atoms with Gasteiger partial charge in [-0.2, -0.15) is 0 Å². The molecule has 4 rings (SSSR count). The van der Waals surface area contributed by atoms with Crippen molar-refractivity contribution in [2.75, 3.05) is 17.1 Å². The standard InChI is InChI=1S/C23H21ClN4O3S/c1-15(20-14-28(2)23-19(20)5-4-12-25-23)26-18-10-11-21(31-3)22(13-18)32(29,30)27-17-8-6-16(24)7-9-17/h4-14,26-27H,1H2,2-3H3. The Morgan fingerprint density at radius 1 is 1.12 bits per heavy atom. The maximum atomic E-state index is 13.1. The van der Waals surface area contributed by atoms with E-state index in [1.54, 1.807) is 42.6 Å². The van der Waals surface area contributed by atoms with Crippen LogP contribution in [0, 0.1) is 0 Å². The van der Waals surface area contributed by atoms with Crippen LogP contribution < -0.4 is 14.8 Å². The Morgan fingerprint density at radius 2 is 1.84 bits per heavy atom. The second-order valence-electron chi connectivity index (χ2n) is 7.11. The highest BCUT2D eigenvalue weighted by Crippen LogP contribution is 2.31. The zero-order chi connectivity index (χ0) is 22.9. The number of pyridine rings is 1. The maximum Gasteiger partial charge on any atom is 0.265 e. The van der Waals surface area contributed by atoms with Gasteiger partial charge in [0.2, 0.25) is 0 Å². The van der Waals surface area contributed by atoms with Crippen LogP contribution in [0.3, 0.4) is 0 Å². The van der Waals surface area contributed by atoms with Gasteiger partial charge >= 0.3 is 0 Å². The molecule has 2 aromatic carbocycles. The molecule has 0 saturated heterocycles. The van der Waals surface area contributed by atoms with E-state index in [-0.39, 0.29) is 10.6 Å². The number of nitrogens with one attached hydrogen (secondary N) is 2. The van der Waals surface area contributed by atoms with E-state index in [0.717, 1.165) is 16.6 Å². The Morgan fingerprint density at radius 3 is 2.56 bits per heavy atom. The van der Waals surface area contributed by atoms with Crippen LogP contribution in [0.5, 0.6) is 5.75 Å². The second kappa shape index (κ2) is 8.57. The van der Waals surface area contributed by atoms with Crippen molar-refractivity contribution in [3.05, 3.63) is 84.2 Å². The number of halogens is 1. The van der Waals surface area contributed by atoms with Gasteiger partial charge in [0.15, 0.2) is 0 Å². The summed E-state index contributed by atoms with van der Waals surface area (Å²) in [6.45, 7) is 4.13. The molecule has 9 heteroatoms. The largest absolute Gasteiger partial charge is 0.495 e. The predicted octanol–water partition coefficient (Wildman–Crippen LogP) is 5.12. The topological polar surface area (TPSA) is 85.2 Å². The average Bonchev–Trinajstić information content (AvgIpc) is 3.12. The fourth-order valence-electron chi connectivity index (χ4n) is 3.39. The number of hydrogen-bond donors (Lipinski definition) is 2. The summed E-state index contributed by atoms with van der Waals surface area (Å²) in [6.07, 6.45) is 3.66. The Labute approximate surface area is 191 Å². The van der Waals surface area contributed by atoms with Crippen molar-refractivity contribution in [3.63, 3.8) is 0 Å². The van der Waals surface area contributed by atoms with Gasteiger partial charge in [0.1, 0.15) is 16.3 Å². The quantitative estimate of drug-likeness (QED) is 0.393. The zero-order valence-corrected chi connectivity index (χ0v) is 19.0. The first-order valence-corrected chi connectivity index (χ1v) is 11.5. The molecule has 0 spiro atoms. The van der Waals surface area contributed by atoms with Crippen LogP contribution in [-0.4, -0.2) is 25.1 Å². The van der Waals surface area contributed by atoms with Crippen molar-refractivity contribution in [1.29, 1.82) is 0 Å². The van der Waals surface area contributed by atoms with E-state index in [4.69, 9.17) is 16.3 Å². The fraction of sp³-hybridized carbons (Fsp3) is 0.0870. The molecule has 0 aliphatic carbocycles. The summed E-state index contributed by atoms with van der Waals surface area (Å²) in [6, 6.07) is 15.0. The third kappa shape index (κ3) is 4.28. The van der Waals surface area contributed by atoms with Crippen LogP contribution in [0.2, 0.25) is 5.02 Å². The number of fused-ring (bicyclic) bond motifs is 1. The molecule has 32 heavy (non-hydrogen) atoms. The molecule has 2 aromatic heterocycles. The lowest BCUT2D eigenvalue weighted by molar-refractivity contribution is 0.403. The molecular formula is C23H21ClN4O3S. The molecule has 4 aromatic rings. The minimum absolute atomic E-state index is 0.00710. The first-order chi connectivity index (χ1) is 15.3. The van der Waals surface area contributed by atoms with Gasteiger partial charge in [-0.05, 0) is 54.6 Å². The summed E-state index contributed by atoms with van der Waals surface area (Å²) in [5, 5.41) is 4.65. The van der Waals surface area contributed by atoms with Crippen LogP contribution in [0.4, 0.5) is 11.4 Å². The van der Waals surface area contributed by atoms with Crippen LogP contribution >= 0.6 is 11.6 Å².